The van der Waals surface area contributed by atoms with Crippen LogP contribution in [0.3, 0.4) is 0 Å². The van der Waals surface area contributed by atoms with Crippen LogP contribution in [0.1, 0.15) is 25.5 Å². The summed E-state index contributed by atoms with van der Waals surface area (Å²) < 4.78 is 41.6. The molecule has 2 N–H and O–H groups in total. The van der Waals surface area contributed by atoms with E-state index in [9.17, 15) is 8.78 Å². The van der Waals surface area contributed by atoms with Gasteiger partial charge in [0.05, 0.1) is 31.4 Å². The Kier molecular flexibility index (Phi) is 5.13. The Morgan fingerprint density at radius 3 is 2.75 bits per heavy atom. The molecule has 4 saturated heterocycles. The van der Waals surface area contributed by atoms with E-state index in [4.69, 9.17) is 9.47 Å². The third-order valence-corrected chi connectivity index (χ3v) is 8.22. The van der Waals surface area contributed by atoms with Gasteiger partial charge in [-0.3, -0.25) is 10.2 Å². The van der Waals surface area contributed by atoms with Gasteiger partial charge in [-0.25, -0.2) is 8.78 Å². The molecule has 5 rings (SSSR count). The number of nitrogens with zero attached hydrogens (tertiary/aromatic N) is 1. The number of halogens is 2. The van der Waals surface area contributed by atoms with Crippen molar-refractivity contribution in [3.63, 3.8) is 0 Å². The molecule has 8 heteroatoms. The molecule has 154 valence electrons. The summed E-state index contributed by atoms with van der Waals surface area (Å²) in [5.41, 5.74) is 0.127. The van der Waals surface area contributed by atoms with E-state index in [1.807, 2.05) is 0 Å². The number of hydrogen-bond acceptors (Lipinski definition) is 6. The van der Waals surface area contributed by atoms with Crippen molar-refractivity contribution in [2.24, 2.45) is 11.8 Å². The molecular formula is C20H27F2N3O2S. The van der Waals surface area contributed by atoms with Gasteiger partial charge in [-0.15, -0.1) is 11.8 Å². The molecule has 4 aliphatic heterocycles. The van der Waals surface area contributed by atoms with E-state index >= 15 is 0 Å². The number of hydrogen-bond donors (Lipinski definition) is 2. The normalized spacial score (nSPS) is 43.7. The topological polar surface area (TPSA) is 45.8 Å². The summed E-state index contributed by atoms with van der Waals surface area (Å²) in [6.45, 7) is 6.91. The number of benzene rings is 1. The predicted octanol–water partition coefficient (Wildman–Crippen LogP) is 2.30. The molecule has 4 aliphatic rings. The highest BCUT2D eigenvalue weighted by atomic mass is 32.2. The maximum Gasteiger partial charge on any atom is 0.130 e. The van der Waals surface area contributed by atoms with Crippen molar-refractivity contribution in [2.75, 3.05) is 26.4 Å². The number of ether oxygens (including phenoxy) is 2. The van der Waals surface area contributed by atoms with E-state index in [0.717, 1.165) is 6.54 Å². The van der Waals surface area contributed by atoms with Crippen molar-refractivity contribution < 1.29 is 18.3 Å². The zero-order valence-electron chi connectivity index (χ0n) is 16.1. The molecule has 0 saturated carbocycles. The highest BCUT2D eigenvalue weighted by Gasteiger charge is 2.57. The minimum atomic E-state index is -0.490. The van der Waals surface area contributed by atoms with Crippen LogP contribution in [0, 0.1) is 23.5 Å². The molecule has 8 atom stereocenters. The molecular weight excluding hydrogens is 384 g/mol. The van der Waals surface area contributed by atoms with Gasteiger partial charge in [0.2, 0.25) is 0 Å². The Morgan fingerprint density at radius 2 is 1.96 bits per heavy atom. The summed E-state index contributed by atoms with van der Waals surface area (Å²) in [5, 5.41) is 7.29. The monoisotopic (exact) mass is 411 g/mol. The summed E-state index contributed by atoms with van der Waals surface area (Å²) >= 11 is 1.80. The van der Waals surface area contributed by atoms with Crippen LogP contribution < -0.4 is 10.6 Å². The quantitative estimate of drug-likeness (QED) is 0.740. The number of nitrogens with one attached hydrogen (secondary N) is 2. The number of fused-ring (bicyclic) bond motifs is 5. The van der Waals surface area contributed by atoms with Gasteiger partial charge in [-0.05, 0) is 26.0 Å². The number of thioether (sulfide) groups is 1. The average Bonchev–Trinajstić information content (AvgIpc) is 3.08. The molecule has 0 aromatic heterocycles. The fourth-order valence-electron chi connectivity index (χ4n) is 5.39. The second kappa shape index (κ2) is 7.49. The first-order valence-corrected chi connectivity index (χ1v) is 11.1. The van der Waals surface area contributed by atoms with E-state index in [1.165, 1.54) is 18.2 Å². The van der Waals surface area contributed by atoms with Crippen molar-refractivity contribution in [3.8, 4) is 0 Å². The summed E-state index contributed by atoms with van der Waals surface area (Å²) in [7, 11) is 0. The Hall–Kier alpha value is -0.770. The zero-order valence-corrected chi connectivity index (χ0v) is 16.9. The SMILES string of the molecule is CC1CNC2[C@H](C)NC(c3c(F)cccc3F)C3C4COCCOC4SC3N12. The molecule has 4 fully saturated rings. The maximum atomic E-state index is 14.8. The Bertz CT molecular complexity index is 721. The molecule has 0 spiro atoms. The lowest BCUT2D eigenvalue weighted by Crippen LogP contribution is -2.51. The van der Waals surface area contributed by atoms with Crippen LogP contribution in [0.25, 0.3) is 0 Å². The van der Waals surface area contributed by atoms with E-state index in [1.54, 1.807) is 11.8 Å². The Labute approximate surface area is 168 Å². The molecule has 0 bridgehead atoms. The van der Waals surface area contributed by atoms with Gasteiger partial charge in [0, 0.05) is 42.1 Å². The van der Waals surface area contributed by atoms with Gasteiger partial charge < -0.3 is 14.8 Å². The van der Waals surface area contributed by atoms with E-state index in [-0.39, 0.29) is 40.4 Å². The van der Waals surface area contributed by atoms with Gasteiger partial charge in [0.25, 0.3) is 0 Å². The van der Waals surface area contributed by atoms with Gasteiger partial charge in [0.1, 0.15) is 17.1 Å². The Balaban J connectivity index is 1.62. The first-order chi connectivity index (χ1) is 13.6. The summed E-state index contributed by atoms with van der Waals surface area (Å²) in [6, 6.07) is 4.10. The molecule has 7 unspecified atom stereocenters. The Morgan fingerprint density at radius 1 is 1.18 bits per heavy atom. The van der Waals surface area contributed by atoms with Crippen LogP contribution >= 0.6 is 11.8 Å². The lowest BCUT2D eigenvalue weighted by Gasteiger charge is -2.36. The minimum absolute atomic E-state index is 0.0153. The molecule has 4 heterocycles. The minimum Gasteiger partial charge on any atom is -0.379 e. The van der Waals surface area contributed by atoms with Crippen LogP contribution in [-0.2, 0) is 9.47 Å². The van der Waals surface area contributed by atoms with Crippen LogP contribution in [0.5, 0.6) is 0 Å². The molecule has 5 nitrogen and oxygen atoms in total. The highest BCUT2D eigenvalue weighted by molar-refractivity contribution is 8.00. The van der Waals surface area contributed by atoms with Crippen LogP contribution in [-0.4, -0.2) is 60.3 Å². The average molecular weight is 412 g/mol. The summed E-state index contributed by atoms with van der Waals surface area (Å²) in [6.07, 6.45) is 0.123. The molecule has 0 radical (unpaired) electrons. The second-order valence-corrected chi connectivity index (χ2v) is 9.52. The largest absolute Gasteiger partial charge is 0.379 e. The van der Waals surface area contributed by atoms with Crippen molar-refractivity contribution in [2.45, 2.75) is 48.9 Å². The third kappa shape index (κ3) is 3.00. The lowest BCUT2D eigenvalue weighted by molar-refractivity contribution is 0.0598. The fourth-order valence-corrected chi connectivity index (χ4v) is 7.32. The standard InChI is InChI=1S/C20H27F2N3O2S/c1-10-8-23-18-11(2)24-17(16-13(21)4-3-5-14(16)22)15-12-9-26-6-7-27-20(12)28-19(15)25(10)18/h3-5,10-12,15,17-20,23-24H,6-9H2,1-2H3/t10?,11-,12?,15?,17?,18?,19?,20?/m0/s1. The highest BCUT2D eigenvalue weighted by Crippen LogP contribution is 2.54. The number of rotatable bonds is 1. The summed E-state index contributed by atoms with van der Waals surface area (Å²) in [4.78, 5) is 2.49. The first-order valence-electron chi connectivity index (χ1n) is 10.1. The smallest absolute Gasteiger partial charge is 0.130 e. The molecule has 1 aromatic carbocycles. The van der Waals surface area contributed by atoms with Gasteiger partial charge in [-0.1, -0.05) is 6.07 Å². The van der Waals surface area contributed by atoms with Crippen LogP contribution in [0.15, 0.2) is 18.2 Å². The molecule has 28 heavy (non-hydrogen) atoms. The third-order valence-electron chi connectivity index (χ3n) is 6.62. The second-order valence-electron chi connectivity index (χ2n) is 8.30. The summed E-state index contributed by atoms with van der Waals surface area (Å²) in [5.74, 6) is -0.923. The molecule has 0 amide bonds. The first kappa shape index (κ1) is 19.2. The maximum absolute atomic E-state index is 14.8. The van der Waals surface area contributed by atoms with Gasteiger partial charge >= 0.3 is 0 Å². The van der Waals surface area contributed by atoms with E-state index in [2.05, 4.69) is 29.4 Å². The van der Waals surface area contributed by atoms with Crippen LogP contribution in [0.2, 0.25) is 0 Å². The molecule has 0 aliphatic carbocycles. The zero-order chi connectivity index (χ0) is 19.4. The van der Waals surface area contributed by atoms with Crippen LogP contribution in [0.4, 0.5) is 8.78 Å². The van der Waals surface area contributed by atoms with Gasteiger partial charge in [-0.2, -0.15) is 0 Å². The van der Waals surface area contributed by atoms with Crippen molar-refractivity contribution in [1.29, 1.82) is 0 Å². The molecule has 1 aromatic rings. The van der Waals surface area contributed by atoms with Crippen molar-refractivity contribution >= 4 is 11.8 Å². The lowest BCUT2D eigenvalue weighted by atomic mass is 9.82. The van der Waals surface area contributed by atoms with Gasteiger partial charge in [0.15, 0.2) is 0 Å². The van der Waals surface area contributed by atoms with Crippen molar-refractivity contribution in [3.05, 3.63) is 35.4 Å². The van der Waals surface area contributed by atoms with E-state index in [0.29, 0.717) is 25.9 Å². The fraction of sp³-hybridized carbons (Fsp3) is 0.700. The van der Waals surface area contributed by atoms with E-state index < -0.39 is 17.7 Å². The predicted molar refractivity (Wildman–Crippen MR) is 104 cm³/mol. The van der Waals surface area contributed by atoms with Crippen molar-refractivity contribution in [1.82, 2.24) is 15.5 Å².